The minimum Gasteiger partial charge on any atom is -0.343 e. The van der Waals surface area contributed by atoms with E-state index < -0.39 is 0 Å². The zero-order valence-electron chi connectivity index (χ0n) is 17.0. The first-order chi connectivity index (χ1) is 14.1. The number of carbonyl (C=O) groups excluding carboxylic acids is 1. The fourth-order valence-corrected chi connectivity index (χ4v) is 4.33. The number of amides is 1. The Morgan fingerprint density at radius 1 is 1.21 bits per heavy atom. The van der Waals surface area contributed by atoms with Gasteiger partial charge in [0.1, 0.15) is 12.4 Å². The fraction of sp³-hybridized carbons (Fsp3) is 0.409. The molecule has 3 aromatic rings. The van der Waals surface area contributed by atoms with Gasteiger partial charge in [-0.25, -0.2) is 0 Å². The molecule has 5 nitrogen and oxygen atoms in total. The van der Waals surface area contributed by atoms with E-state index in [9.17, 15) is 4.79 Å². The number of H-pyrrole nitrogens is 1. The lowest BCUT2D eigenvalue weighted by Crippen LogP contribution is -2.32. The van der Waals surface area contributed by atoms with E-state index in [1.54, 1.807) is 15.9 Å². The van der Waals surface area contributed by atoms with E-state index in [4.69, 9.17) is 12.2 Å². The first-order valence-electron chi connectivity index (χ1n) is 10.2. The fourth-order valence-electron chi connectivity index (χ4n) is 3.31. The third-order valence-electron chi connectivity index (χ3n) is 4.88. The molecule has 7 heteroatoms. The Balaban J connectivity index is 1.77. The van der Waals surface area contributed by atoms with E-state index in [0.717, 1.165) is 35.5 Å². The molecule has 3 rings (SSSR count). The van der Waals surface area contributed by atoms with Crippen molar-refractivity contribution in [1.29, 1.82) is 0 Å². The molecule has 0 aliphatic rings. The molecule has 2 N–H and O–H groups in total. The third-order valence-corrected chi connectivity index (χ3v) is 6.13. The molecule has 2 aromatic heterocycles. The first-order valence-corrected chi connectivity index (χ1v) is 11.5. The Morgan fingerprint density at radius 3 is 2.66 bits per heavy atom. The Bertz CT molecular complexity index is 958. The lowest BCUT2D eigenvalue weighted by atomic mass is 10.0. The average molecular weight is 429 g/mol. The van der Waals surface area contributed by atoms with E-state index in [1.807, 2.05) is 11.4 Å². The van der Waals surface area contributed by atoms with Gasteiger partial charge >= 0.3 is 0 Å². The summed E-state index contributed by atoms with van der Waals surface area (Å²) in [6.45, 7) is 4.45. The maximum absolute atomic E-state index is 12.9. The van der Waals surface area contributed by atoms with Crippen molar-refractivity contribution in [3.05, 3.63) is 68.4 Å². The minimum absolute atomic E-state index is 0.0756. The van der Waals surface area contributed by atoms with Crippen molar-refractivity contribution >= 4 is 29.5 Å². The Morgan fingerprint density at radius 2 is 2.00 bits per heavy atom. The highest BCUT2D eigenvalue weighted by Gasteiger charge is 2.19. The predicted molar refractivity (Wildman–Crippen MR) is 121 cm³/mol. The SMILES string of the molecule is CCCCc1ccc(C(NC(=O)Cn2c(CCC)n[nH]c2=S)c2cccs2)cc1. The van der Waals surface area contributed by atoms with E-state index >= 15 is 0 Å². The van der Waals surface area contributed by atoms with Crippen LogP contribution in [0.5, 0.6) is 0 Å². The number of aryl methyl sites for hydroxylation is 2. The van der Waals surface area contributed by atoms with E-state index in [0.29, 0.717) is 4.77 Å². The number of hydrogen-bond donors (Lipinski definition) is 2. The Labute approximate surface area is 181 Å². The largest absolute Gasteiger partial charge is 0.343 e. The van der Waals surface area contributed by atoms with Crippen molar-refractivity contribution in [1.82, 2.24) is 20.1 Å². The van der Waals surface area contributed by atoms with Gasteiger partial charge < -0.3 is 5.32 Å². The number of benzene rings is 1. The van der Waals surface area contributed by atoms with E-state index in [1.165, 1.54) is 18.4 Å². The van der Waals surface area contributed by atoms with Crippen LogP contribution in [0.15, 0.2) is 41.8 Å². The summed E-state index contributed by atoms with van der Waals surface area (Å²) in [5.74, 6) is 0.744. The van der Waals surface area contributed by atoms with Crippen molar-refractivity contribution in [2.75, 3.05) is 0 Å². The summed E-state index contributed by atoms with van der Waals surface area (Å²) >= 11 is 6.96. The molecule has 0 aliphatic carbocycles. The van der Waals surface area contributed by atoms with Crippen LogP contribution in [0, 0.1) is 4.77 Å². The van der Waals surface area contributed by atoms with Crippen molar-refractivity contribution < 1.29 is 4.79 Å². The summed E-state index contributed by atoms with van der Waals surface area (Å²) < 4.78 is 2.27. The van der Waals surface area contributed by atoms with Crippen molar-refractivity contribution in [2.24, 2.45) is 0 Å². The van der Waals surface area contributed by atoms with E-state index in [2.05, 4.69) is 59.7 Å². The molecule has 0 radical (unpaired) electrons. The van der Waals surface area contributed by atoms with E-state index in [-0.39, 0.29) is 18.5 Å². The standard InChI is InChI=1S/C22H28N4OS2/c1-3-5-8-16-10-12-17(13-11-16)21(18-9-6-14-29-18)23-20(27)15-26-19(7-4-2)24-25-22(26)28/h6,9-14,21H,3-5,7-8,15H2,1-2H3,(H,23,27)(H,25,28). The Hall–Kier alpha value is -2.25. The van der Waals surface area contributed by atoms with Gasteiger partial charge in [-0.3, -0.25) is 14.5 Å². The third kappa shape index (κ3) is 5.64. The number of carbonyl (C=O) groups is 1. The maximum atomic E-state index is 12.9. The van der Waals surface area contributed by atoms with Gasteiger partial charge in [-0.15, -0.1) is 11.3 Å². The molecule has 1 aromatic carbocycles. The molecule has 0 saturated heterocycles. The smallest absolute Gasteiger partial charge is 0.240 e. The maximum Gasteiger partial charge on any atom is 0.240 e. The molecule has 0 spiro atoms. The summed E-state index contributed by atoms with van der Waals surface area (Å²) in [6.07, 6.45) is 5.20. The van der Waals surface area contributed by atoms with Gasteiger partial charge in [-0.1, -0.05) is 50.6 Å². The van der Waals surface area contributed by atoms with Crippen LogP contribution in [-0.4, -0.2) is 20.7 Å². The van der Waals surface area contributed by atoms with Crippen LogP contribution < -0.4 is 5.32 Å². The molecule has 0 saturated carbocycles. The number of aromatic amines is 1. The molecule has 0 fully saturated rings. The van der Waals surface area contributed by atoms with Crippen LogP contribution >= 0.6 is 23.6 Å². The van der Waals surface area contributed by atoms with Crippen LogP contribution in [0.2, 0.25) is 0 Å². The molecular weight excluding hydrogens is 400 g/mol. The number of thiophene rings is 1. The molecule has 1 unspecified atom stereocenters. The number of rotatable bonds is 10. The molecule has 29 heavy (non-hydrogen) atoms. The van der Waals surface area contributed by atoms with Crippen molar-refractivity contribution in [2.45, 2.75) is 58.5 Å². The van der Waals surface area contributed by atoms with Crippen LogP contribution in [0.4, 0.5) is 0 Å². The summed E-state index contributed by atoms with van der Waals surface area (Å²) in [7, 11) is 0. The van der Waals surface area contributed by atoms with Crippen LogP contribution in [0.3, 0.4) is 0 Å². The predicted octanol–water partition coefficient (Wildman–Crippen LogP) is 5.20. The first kappa shape index (κ1) is 21.5. The average Bonchev–Trinajstić information content (AvgIpc) is 3.37. The molecule has 0 aliphatic heterocycles. The van der Waals surface area contributed by atoms with Crippen LogP contribution in [-0.2, 0) is 24.2 Å². The second-order valence-electron chi connectivity index (χ2n) is 7.14. The zero-order chi connectivity index (χ0) is 20.6. The summed E-state index contributed by atoms with van der Waals surface area (Å²) in [5, 5.41) is 12.3. The highest BCUT2D eigenvalue weighted by Crippen LogP contribution is 2.26. The molecule has 1 atom stereocenters. The monoisotopic (exact) mass is 428 g/mol. The topological polar surface area (TPSA) is 62.7 Å². The van der Waals surface area contributed by atoms with Gasteiger partial charge in [0.15, 0.2) is 4.77 Å². The van der Waals surface area contributed by atoms with Crippen molar-refractivity contribution in [3.8, 4) is 0 Å². The van der Waals surface area contributed by atoms with Gasteiger partial charge in [-0.05, 0) is 54.1 Å². The Kier molecular flexibility index (Phi) is 7.77. The number of aromatic nitrogens is 3. The quantitative estimate of drug-likeness (QED) is 0.436. The van der Waals surface area contributed by atoms with Crippen LogP contribution in [0.25, 0.3) is 0 Å². The zero-order valence-corrected chi connectivity index (χ0v) is 18.6. The number of unbranched alkanes of at least 4 members (excludes halogenated alkanes) is 1. The second kappa shape index (κ2) is 10.5. The molecule has 154 valence electrons. The lowest BCUT2D eigenvalue weighted by Gasteiger charge is -2.19. The van der Waals surface area contributed by atoms with Crippen LogP contribution in [0.1, 0.15) is 61.0 Å². The second-order valence-corrected chi connectivity index (χ2v) is 8.51. The number of nitrogens with zero attached hydrogens (tertiary/aromatic N) is 2. The van der Waals surface area contributed by atoms with Gasteiger partial charge in [-0.2, -0.15) is 5.10 Å². The number of hydrogen-bond acceptors (Lipinski definition) is 4. The molecule has 0 bridgehead atoms. The van der Waals surface area contributed by atoms with Crippen molar-refractivity contribution in [3.63, 3.8) is 0 Å². The van der Waals surface area contributed by atoms with Gasteiger partial charge in [0, 0.05) is 11.3 Å². The minimum atomic E-state index is -0.168. The van der Waals surface area contributed by atoms with Gasteiger partial charge in [0.05, 0.1) is 6.04 Å². The highest BCUT2D eigenvalue weighted by molar-refractivity contribution is 7.71. The number of nitrogens with one attached hydrogen (secondary N) is 2. The summed E-state index contributed by atoms with van der Waals surface area (Å²) in [6, 6.07) is 12.5. The van der Waals surface area contributed by atoms with Gasteiger partial charge in [0.2, 0.25) is 5.91 Å². The molecule has 2 heterocycles. The van der Waals surface area contributed by atoms with Gasteiger partial charge in [0.25, 0.3) is 0 Å². The molecule has 1 amide bonds. The molecular formula is C22H28N4OS2. The summed E-state index contributed by atoms with van der Waals surface area (Å²) in [4.78, 5) is 14.0. The normalized spacial score (nSPS) is 12.1. The lowest BCUT2D eigenvalue weighted by molar-refractivity contribution is -0.122. The summed E-state index contributed by atoms with van der Waals surface area (Å²) in [5.41, 5.74) is 2.42. The highest BCUT2D eigenvalue weighted by atomic mass is 32.1.